The number of thiocarbonyl (C=S) groups is 1. The molecule has 0 bridgehead atoms. The predicted octanol–water partition coefficient (Wildman–Crippen LogP) is 0.249. The number of carbonyl (C=O) groups excluding carboxylic acids is 3. The summed E-state index contributed by atoms with van der Waals surface area (Å²) in [6.45, 7) is 0. The number of primary amides is 1. The number of anilines is 1. The van der Waals surface area contributed by atoms with Crippen LogP contribution in [0.15, 0.2) is 23.0 Å². The summed E-state index contributed by atoms with van der Waals surface area (Å²) in [5.74, 6) is -6.75. The van der Waals surface area contributed by atoms with Gasteiger partial charge in [0, 0.05) is 37.7 Å². The quantitative estimate of drug-likeness (QED) is 0.213. The van der Waals surface area contributed by atoms with Gasteiger partial charge in [-0.05, 0) is 56.5 Å². The highest BCUT2D eigenvalue weighted by Crippen LogP contribution is 2.54. The minimum atomic E-state index is -2.67. The molecular weight excluding hydrogens is 512 g/mol. The van der Waals surface area contributed by atoms with E-state index in [-0.39, 0.29) is 34.7 Å². The van der Waals surface area contributed by atoms with Crippen molar-refractivity contribution in [2.75, 3.05) is 33.1 Å². The number of benzene rings is 1. The van der Waals surface area contributed by atoms with Gasteiger partial charge in [-0.1, -0.05) is 12.2 Å². The Bertz CT molecular complexity index is 1350. The van der Waals surface area contributed by atoms with Gasteiger partial charge in [0.1, 0.15) is 22.8 Å². The molecule has 0 spiro atoms. The van der Waals surface area contributed by atoms with Crippen LogP contribution in [-0.4, -0.2) is 87.6 Å². The number of rotatable bonds is 6. The van der Waals surface area contributed by atoms with Gasteiger partial charge in [-0.25, -0.2) is 0 Å². The maximum absolute atomic E-state index is 13.9. The summed E-state index contributed by atoms with van der Waals surface area (Å²) >= 11 is 4.97. The van der Waals surface area contributed by atoms with Crippen LogP contribution in [0.4, 0.5) is 5.69 Å². The maximum atomic E-state index is 13.9. The molecule has 0 saturated heterocycles. The second kappa shape index (κ2) is 9.37. The van der Waals surface area contributed by atoms with Gasteiger partial charge in [-0.3, -0.25) is 19.3 Å². The number of aryl methyl sites for hydroxylation is 1. The van der Waals surface area contributed by atoms with Crippen molar-refractivity contribution in [1.29, 1.82) is 0 Å². The number of Topliss-reactive ketones (excluding diaryl/α,β-unsaturated/α-hetero) is 2. The first-order valence-electron chi connectivity index (χ1n) is 12.1. The molecule has 38 heavy (non-hydrogen) atoms. The summed E-state index contributed by atoms with van der Waals surface area (Å²) < 4.78 is 0. The third kappa shape index (κ3) is 3.86. The number of aromatic hydroxyl groups is 1. The van der Waals surface area contributed by atoms with Gasteiger partial charge in [-0.2, -0.15) is 0 Å². The van der Waals surface area contributed by atoms with Crippen molar-refractivity contribution in [2.24, 2.45) is 23.3 Å². The van der Waals surface area contributed by atoms with E-state index in [1.54, 1.807) is 34.3 Å². The summed E-state index contributed by atoms with van der Waals surface area (Å²) in [4.78, 5) is 42.8. The number of fused-ring (bicyclic) bond motifs is 3. The molecule has 4 atom stereocenters. The van der Waals surface area contributed by atoms with E-state index in [0.29, 0.717) is 29.7 Å². The Morgan fingerprint density at radius 1 is 1.16 bits per heavy atom. The van der Waals surface area contributed by atoms with Gasteiger partial charge in [0.25, 0.3) is 5.91 Å². The van der Waals surface area contributed by atoms with Crippen molar-refractivity contribution in [3.63, 3.8) is 0 Å². The Morgan fingerprint density at radius 2 is 1.79 bits per heavy atom. The van der Waals surface area contributed by atoms with E-state index in [2.05, 4.69) is 0 Å². The van der Waals surface area contributed by atoms with E-state index in [1.165, 1.54) is 4.90 Å². The van der Waals surface area contributed by atoms with Crippen LogP contribution in [0.3, 0.4) is 0 Å². The number of nitrogens with zero attached hydrogens (tertiary/aromatic N) is 2. The fraction of sp³-hybridized carbons (Fsp3) is 0.462. The zero-order chi connectivity index (χ0) is 28.4. The van der Waals surface area contributed by atoms with Crippen LogP contribution in [0.25, 0.3) is 5.76 Å². The molecule has 1 fully saturated rings. The average Bonchev–Trinajstić information content (AvgIpc) is 2.80. The highest BCUT2D eigenvalue weighted by Gasteiger charge is 2.64. The third-order valence-corrected chi connectivity index (χ3v) is 8.10. The maximum Gasteiger partial charge on any atom is 0.255 e. The van der Waals surface area contributed by atoms with E-state index in [9.17, 15) is 34.8 Å². The Labute approximate surface area is 225 Å². The molecule has 12 heteroatoms. The van der Waals surface area contributed by atoms with Gasteiger partial charge >= 0.3 is 0 Å². The van der Waals surface area contributed by atoms with Gasteiger partial charge < -0.3 is 36.8 Å². The van der Waals surface area contributed by atoms with Crippen LogP contribution < -0.4 is 16.4 Å². The number of amides is 1. The zero-order valence-electron chi connectivity index (χ0n) is 21.6. The first-order chi connectivity index (χ1) is 17.6. The largest absolute Gasteiger partial charge is 0.508 e. The second-order valence-corrected chi connectivity index (χ2v) is 11.1. The molecule has 1 aromatic rings. The van der Waals surface area contributed by atoms with Gasteiger partial charge in [0.2, 0.25) is 5.78 Å². The van der Waals surface area contributed by atoms with Crippen LogP contribution in [0.2, 0.25) is 0 Å². The molecule has 0 aliphatic heterocycles. The third-order valence-electron chi connectivity index (χ3n) is 7.90. The number of likely N-dealkylation sites (N-methyl/N-ethyl adjacent to an activating group) is 1. The van der Waals surface area contributed by atoms with Crippen LogP contribution in [0, 0.1) is 11.8 Å². The monoisotopic (exact) mass is 544 g/mol. The molecule has 3 aliphatic rings. The van der Waals surface area contributed by atoms with Crippen molar-refractivity contribution < 1.29 is 34.8 Å². The number of aliphatic hydroxyl groups excluding tert-OH is 2. The fourth-order valence-electron chi connectivity index (χ4n) is 6.19. The Balaban J connectivity index is 1.97. The smallest absolute Gasteiger partial charge is 0.255 e. The lowest BCUT2D eigenvalue weighted by atomic mass is 9.57. The molecule has 1 aromatic carbocycles. The number of ketones is 2. The summed E-state index contributed by atoms with van der Waals surface area (Å²) in [6, 6.07) is 0.656. The van der Waals surface area contributed by atoms with Crippen molar-refractivity contribution in [1.82, 2.24) is 4.90 Å². The Morgan fingerprint density at radius 3 is 2.32 bits per heavy atom. The summed E-state index contributed by atoms with van der Waals surface area (Å²) in [5, 5.41) is 45.3. The van der Waals surface area contributed by atoms with Crippen LogP contribution >= 0.6 is 12.2 Å². The average molecular weight is 545 g/mol. The summed E-state index contributed by atoms with van der Waals surface area (Å²) in [5.41, 5.74) is 9.10. The zero-order valence-corrected chi connectivity index (χ0v) is 22.4. The molecule has 0 unspecified atom stereocenters. The molecule has 204 valence electrons. The standard InChI is InChI=1S/C26H32N4O7S/c1-29(2)14-9-10(5-6-15(27)38)20(31)17-12(14)7-11-8-13-19(30(3)4)22(33)18(25(28)36)24(35)26(13,37)23(34)16(11)21(17)32/h9,11,13,19,31-32,35,37H,5-8H2,1-4H3,(H2,27,38)(H2,28,36)/t11-,13-,19-,26-/m0/s1. The van der Waals surface area contributed by atoms with E-state index in [1.807, 2.05) is 4.90 Å². The molecule has 0 aromatic heterocycles. The lowest BCUT2D eigenvalue weighted by Gasteiger charge is -2.50. The molecular formula is C26H32N4O7S. The molecule has 1 amide bonds. The van der Waals surface area contributed by atoms with Crippen molar-refractivity contribution >= 4 is 46.1 Å². The molecule has 1 saturated carbocycles. The molecule has 8 N–H and O–H groups in total. The number of hydrogen-bond donors (Lipinski definition) is 6. The number of phenolic OH excluding ortho intramolecular Hbond substituents is 1. The number of hydrogen-bond acceptors (Lipinski definition) is 10. The lowest BCUT2D eigenvalue weighted by Crippen LogP contribution is -2.65. The number of nitrogens with two attached hydrogens (primary N) is 2. The highest BCUT2D eigenvalue weighted by atomic mass is 32.1. The first-order valence-corrected chi connectivity index (χ1v) is 12.5. The molecule has 3 aliphatic carbocycles. The van der Waals surface area contributed by atoms with Crippen molar-refractivity contribution in [3.8, 4) is 5.75 Å². The minimum Gasteiger partial charge on any atom is -0.508 e. The summed E-state index contributed by atoms with van der Waals surface area (Å²) in [7, 11) is 6.73. The second-order valence-electron chi connectivity index (χ2n) is 10.6. The Kier molecular flexibility index (Phi) is 6.79. The molecule has 4 rings (SSSR count). The van der Waals surface area contributed by atoms with E-state index < -0.39 is 58.0 Å². The topological polar surface area (TPSA) is 191 Å². The van der Waals surface area contributed by atoms with Gasteiger partial charge in [0.15, 0.2) is 11.4 Å². The van der Waals surface area contributed by atoms with Crippen molar-refractivity contribution in [2.45, 2.75) is 37.3 Å². The predicted molar refractivity (Wildman–Crippen MR) is 144 cm³/mol. The highest BCUT2D eigenvalue weighted by molar-refractivity contribution is 7.80. The summed E-state index contributed by atoms with van der Waals surface area (Å²) in [6.07, 6.45) is 0.844. The number of aliphatic hydroxyl groups is 3. The van der Waals surface area contributed by atoms with Crippen LogP contribution in [0.5, 0.6) is 5.75 Å². The van der Waals surface area contributed by atoms with Crippen LogP contribution in [-0.2, 0) is 27.2 Å². The minimum absolute atomic E-state index is 0.0303. The normalized spacial score (nSPS) is 26.7. The van der Waals surface area contributed by atoms with Gasteiger partial charge in [-0.15, -0.1) is 0 Å². The fourth-order valence-corrected chi connectivity index (χ4v) is 6.30. The van der Waals surface area contributed by atoms with Crippen molar-refractivity contribution in [3.05, 3.63) is 39.7 Å². The van der Waals surface area contributed by atoms with E-state index >= 15 is 0 Å². The Hall–Kier alpha value is -3.48. The molecule has 0 heterocycles. The molecule has 0 radical (unpaired) electrons. The lowest BCUT2D eigenvalue weighted by molar-refractivity contribution is -0.153. The van der Waals surface area contributed by atoms with Gasteiger partial charge in [0.05, 0.1) is 16.6 Å². The SMILES string of the molecule is CN(C)c1cc(CCC(N)=S)c(O)c2c1C[C@H]1C[C@H]3[C@H](N(C)C)C(=O)C(C(N)=O)=C(O)[C@@]3(O)C(=O)C1=C2O. The van der Waals surface area contributed by atoms with E-state index in [4.69, 9.17) is 23.7 Å². The number of carbonyl (C=O) groups is 3. The van der Waals surface area contributed by atoms with E-state index in [0.717, 1.165) is 0 Å². The van der Waals surface area contributed by atoms with Crippen LogP contribution in [0.1, 0.15) is 29.5 Å². The first kappa shape index (κ1) is 27.6. The number of phenols is 1. The molecule has 11 nitrogen and oxygen atoms in total.